The molecule has 0 aliphatic heterocycles. The summed E-state index contributed by atoms with van der Waals surface area (Å²) >= 11 is 0. The highest BCUT2D eigenvalue weighted by atomic mass is 16.5. The minimum Gasteiger partial charge on any atom is -0.465 e. The van der Waals surface area contributed by atoms with Gasteiger partial charge in [0.15, 0.2) is 11.5 Å². The molecular weight excluding hydrogens is 368 g/mol. The molecule has 0 N–H and O–H groups in total. The Morgan fingerprint density at radius 2 is 1.76 bits per heavy atom. The normalized spacial score (nSPS) is 11.4. The zero-order chi connectivity index (χ0) is 19.9. The maximum atomic E-state index is 12.9. The molecule has 0 atom stereocenters. The number of nitrogens with zero attached hydrogens (tertiary/aromatic N) is 4. The number of rotatable bonds is 7. The molecule has 144 valence electrons. The minimum atomic E-state index is -0.540. The van der Waals surface area contributed by atoms with E-state index in [0.29, 0.717) is 18.0 Å². The molecule has 0 spiro atoms. The number of furan rings is 1. The number of aromatic nitrogens is 4. The lowest BCUT2D eigenvalue weighted by Gasteiger charge is -2.10. The molecule has 2 heterocycles. The number of hydrogen-bond donors (Lipinski definition) is 0. The van der Waals surface area contributed by atoms with E-state index < -0.39 is 5.97 Å². The lowest BCUT2D eigenvalue weighted by molar-refractivity contribution is -0.136. The minimum absolute atomic E-state index is 0.164. The van der Waals surface area contributed by atoms with Gasteiger partial charge in [0.25, 0.3) is 0 Å². The molecule has 0 saturated heterocycles. The highest BCUT2D eigenvalue weighted by Gasteiger charge is 2.21. The predicted octanol–water partition coefficient (Wildman–Crippen LogP) is 3.72. The summed E-state index contributed by atoms with van der Waals surface area (Å²) in [6.07, 6.45) is 3.71. The summed E-state index contributed by atoms with van der Waals surface area (Å²) in [7, 11) is 0. The second kappa shape index (κ2) is 8.79. The van der Waals surface area contributed by atoms with Gasteiger partial charge in [-0.25, -0.2) is 4.79 Å². The van der Waals surface area contributed by atoms with Crippen molar-refractivity contribution in [1.82, 2.24) is 20.2 Å². The molecular formula is C22H18N4O3. The lowest BCUT2D eigenvalue weighted by atomic mass is 10.2. The number of carbonyl (C=O) groups is 1. The van der Waals surface area contributed by atoms with E-state index in [-0.39, 0.29) is 12.3 Å². The Morgan fingerprint density at radius 3 is 2.48 bits per heavy atom. The van der Waals surface area contributed by atoms with Crippen molar-refractivity contribution >= 4 is 17.7 Å². The van der Waals surface area contributed by atoms with Crippen molar-refractivity contribution in [2.75, 3.05) is 6.61 Å². The van der Waals surface area contributed by atoms with E-state index in [4.69, 9.17) is 9.15 Å². The van der Waals surface area contributed by atoms with Crippen LogP contribution in [0.5, 0.6) is 0 Å². The van der Waals surface area contributed by atoms with Crippen molar-refractivity contribution in [3.05, 3.63) is 90.4 Å². The third kappa shape index (κ3) is 4.47. The van der Waals surface area contributed by atoms with E-state index in [1.807, 2.05) is 60.7 Å². The van der Waals surface area contributed by atoms with E-state index in [2.05, 4.69) is 15.5 Å². The van der Waals surface area contributed by atoms with Gasteiger partial charge in [0, 0.05) is 18.1 Å². The molecule has 0 aliphatic carbocycles. The second-order valence-electron chi connectivity index (χ2n) is 6.20. The molecule has 0 bridgehead atoms. The molecule has 4 aromatic rings. The first-order valence-electron chi connectivity index (χ1n) is 9.12. The molecule has 0 fully saturated rings. The summed E-state index contributed by atoms with van der Waals surface area (Å²) in [6, 6.07) is 22.7. The quantitative estimate of drug-likeness (QED) is 0.356. The van der Waals surface area contributed by atoms with Crippen LogP contribution in [0.2, 0.25) is 0 Å². The van der Waals surface area contributed by atoms with Crippen LogP contribution in [0.3, 0.4) is 0 Å². The van der Waals surface area contributed by atoms with Crippen molar-refractivity contribution in [1.29, 1.82) is 0 Å². The fourth-order valence-electron chi connectivity index (χ4n) is 2.81. The van der Waals surface area contributed by atoms with Gasteiger partial charge in [0.2, 0.25) is 0 Å². The van der Waals surface area contributed by atoms with Crippen LogP contribution in [0, 0.1) is 0 Å². The van der Waals surface area contributed by atoms with Gasteiger partial charge in [-0.3, -0.25) is 0 Å². The Morgan fingerprint density at radius 1 is 1.00 bits per heavy atom. The number of hydrogen-bond acceptors (Lipinski definition) is 6. The van der Waals surface area contributed by atoms with Crippen molar-refractivity contribution in [2.45, 2.75) is 6.42 Å². The topological polar surface area (TPSA) is 83.0 Å². The molecule has 2 aromatic heterocycles. The summed E-state index contributed by atoms with van der Waals surface area (Å²) in [6.45, 7) is 0.237. The Hall–Kier alpha value is -4.00. The van der Waals surface area contributed by atoms with E-state index in [1.165, 1.54) is 10.9 Å². The van der Waals surface area contributed by atoms with Gasteiger partial charge in [-0.2, -0.15) is 4.68 Å². The van der Waals surface area contributed by atoms with Crippen LogP contribution in [-0.2, 0) is 16.0 Å². The number of carbonyl (C=O) groups excluding carboxylic acids is 1. The summed E-state index contributed by atoms with van der Waals surface area (Å²) in [5, 5.41) is 11.8. The van der Waals surface area contributed by atoms with Crippen molar-refractivity contribution in [2.24, 2.45) is 0 Å². The van der Waals surface area contributed by atoms with Gasteiger partial charge in [0.1, 0.15) is 5.76 Å². The Bertz CT molecular complexity index is 1090. The number of ether oxygens (including phenoxy) is 1. The van der Waals surface area contributed by atoms with Crippen LogP contribution in [0.15, 0.2) is 83.5 Å². The van der Waals surface area contributed by atoms with E-state index >= 15 is 0 Å². The van der Waals surface area contributed by atoms with Gasteiger partial charge in [-0.05, 0) is 28.1 Å². The van der Waals surface area contributed by atoms with Crippen LogP contribution in [-0.4, -0.2) is 32.8 Å². The smallest absolute Gasteiger partial charge is 0.357 e. The highest BCUT2D eigenvalue weighted by Crippen LogP contribution is 2.21. The number of esters is 1. The molecule has 0 amide bonds. The van der Waals surface area contributed by atoms with Crippen LogP contribution in [0.4, 0.5) is 0 Å². The standard InChI is InChI=1S/C22H18N4O3/c27-22(29-15-13-17-8-3-1-4-9-17)20(16-19-12-7-14-28-19)26-21(23-24-25-26)18-10-5-2-6-11-18/h1-12,14,16H,13,15H2/b20-16+. The highest BCUT2D eigenvalue weighted by molar-refractivity contribution is 6.15. The SMILES string of the molecule is O=C(OCCc1ccccc1)/C(=C\c1ccco1)n1nnnc1-c1ccccc1. The zero-order valence-electron chi connectivity index (χ0n) is 15.5. The molecule has 4 rings (SSSR count). The van der Waals surface area contributed by atoms with Gasteiger partial charge >= 0.3 is 5.97 Å². The van der Waals surface area contributed by atoms with Gasteiger partial charge < -0.3 is 9.15 Å². The summed E-state index contributed by atoms with van der Waals surface area (Å²) < 4.78 is 12.2. The second-order valence-corrected chi connectivity index (χ2v) is 6.20. The largest absolute Gasteiger partial charge is 0.465 e. The monoisotopic (exact) mass is 386 g/mol. The fraction of sp³-hybridized carbons (Fsp3) is 0.0909. The van der Waals surface area contributed by atoms with Gasteiger partial charge in [0.05, 0.1) is 12.9 Å². The van der Waals surface area contributed by atoms with Crippen LogP contribution in [0.25, 0.3) is 23.2 Å². The molecule has 29 heavy (non-hydrogen) atoms. The van der Waals surface area contributed by atoms with Crippen LogP contribution >= 0.6 is 0 Å². The van der Waals surface area contributed by atoms with Crippen molar-refractivity contribution in [3.8, 4) is 11.4 Å². The number of tetrazole rings is 1. The fourth-order valence-corrected chi connectivity index (χ4v) is 2.81. The number of benzene rings is 2. The third-order valence-corrected chi connectivity index (χ3v) is 4.23. The van der Waals surface area contributed by atoms with Crippen LogP contribution < -0.4 is 0 Å². The molecule has 0 radical (unpaired) electrons. The Balaban J connectivity index is 1.60. The molecule has 2 aromatic carbocycles. The van der Waals surface area contributed by atoms with Crippen molar-refractivity contribution < 1.29 is 13.9 Å². The molecule has 7 heteroatoms. The molecule has 0 saturated carbocycles. The first kappa shape index (κ1) is 18.4. The summed E-state index contributed by atoms with van der Waals surface area (Å²) in [5.74, 6) is 0.389. The van der Waals surface area contributed by atoms with Gasteiger partial charge in [-0.1, -0.05) is 60.7 Å². The maximum absolute atomic E-state index is 12.9. The molecule has 0 aliphatic rings. The average molecular weight is 386 g/mol. The lowest BCUT2D eigenvalue weighted by Crippen LogP contribution is -2.16. The first-order valence-corrected chi connectivity index (χ1v) is 9.12. The van der Waals surface area contributed by atoms with Crippen molar-refractivity contribution in [3.63, 3.8) is 0 Å². The zero-order valence-corrected chi connectivity index (χ0v) is 15.5. The summed E-state index contributed by atoms with van der Waals surface area (Å²) in [4.78, 5) is 12.9. The van der Waals surface area contributed by atoms with Gasteiger partial charge in [-0.15, -0.1) is 5.10 Å². The average Bonchev–Trinajstić information content (AvgIpc) is 3.45. The van der Waals surface area contributed by atoms with Crippen LogP contribution in [0.1, 0.15) is 11.3 Å². The first-order chi connectivity index (χ1) is 14.3. The Labute approximate surface area is 167 Å². The van der Waals surface area contributed by atoms with E-state index in [9.17, 15) is 4.79 Å². The third-order valence-electron chi connectivity index (χ3n) is 4.23. The predicted molar refractivity (Wildman–Crippen MR) is 107 cm³/mol. The van der Waals surface area contributed by atoms with E-state index in [1.54, 1.807) is 18.2 Å². The summed E-state index contributed by atoms with van der Waals surface area (Å²) in [5.41, 5.74) is 2.03. The molecule has 7 nitrogen and oxygen atoms in total. The van der Waals surface area contributed by atoms with E-state index in [0.717, 1.165) is 11.1 Å². The maximum Gasteiger partial charge on any atom is 0.357 e. The molecule has 0 unspecified atom stereocenters. The Kier molecular flexibility index (Phi) is 5.57.